The third kappa shape index (κ3) is 2.51. The summed E-state index contributed by atoms with van der Waals surface area (Å²) in [5.41, 5.74) is 1.86. The minimum atomic E-state index is -3.55. The van der Waals surface area contributed by atoms with Gasteiger partial charge in [0.25, 0.3) is 10.0 Å². The summed E-state index contributed by atoms with van der Waals surface area (Å²) in [6.45, 7) is 0. The molecule has 0 radical (unpaired) electrons. The quantitative estimate of drug-likeness (QED) is 0.661. The number of aryl methyl sites for hydroxylation is 1. The highest BCUT2D eigenvalue weighted by atomic mass is 79.9. The minimum Gasteiger partial charge on any atom is -0.241 e. The Bertz CT molecular complexity index is 870. The van der Waals surface area contributed by atoms with Crippen LogP contribution in [0.3, 0.4) is 0 Å². The number of hydrogen-bond acceptors (Lipinski definition) is 2. The highest BCUT2D eigenvalue weighted by Gasteiger charge is 2.18. The number of halogens is 1. The van der Waals surface area contributed by atoms with E-state index >= 15 is 0 Å². The molecule has 1 heterocycles. The van der Waals surface area contributed by atoms with E-state index in [1.54, 1.807) is 36.5 Å². The molecule has 0 saturated heterocycles. The summed E-state index contributed by atoms with van der Waals surface area (Å²) in [5.74, 6) is 0. The Morgan fingerprint density at radius 2 is 1.71 bits per heavy atom. The first-order valence-electron chi connectivity index (χ1n) is 6.60. The van der Waals surface area contributed by atoms with E-state index in [4.69, 9.17) is 0 Å². The van der Waals surface area contributed by atoms with E-state index in [2.05, 4.69) is 15.9 Å². The van der Waals surface area contributed by atoms with Gasteiger partial charge in [0, 0.05) is 16.9 Å². The van der Waals surface area contributed by atoms with Gasteiger partial charge >= 0.3 is 0 Å². The van der Waals surface area contributed by atoms with Gasteiger partial charge in [-0.1, -0.05) is 46.3 Å². The van der Waals surface area contributed by atoms with Gasteiger partial charge in [-0.25, -0.2) is 12.4 Å². The molecule has 0 aliphatic rings. The van der Waals surface area contributed by atoms with Crippen LogP contribution in [0, 0.1) is 0 Å². The molecule has 0 bridgehead atoms. The van der Waals surface area contributed by atoms with E-state index in [1.165, 1.54) is 3.97 Å². The maximum absolute atomic E-state index is 12.7. The molecule has 0 N–H and O–H groups in total. The average molecular weight is 364 g/mol. The van der Waals surface area contributed by atoms with Crippen LogP contribution in [0.2, 0.25) is 0 Å². The summed E-state index contributed by atoms with van der Waals surface area (Å²) in [6.07, 6.45) is 2.50. The van der Waals surface area contributed by atoms with Crippen molar-refractivity contribution in [1.82, 2.24) is 3.97 Å². The molecule has 0 spiro atoms. The molecule has 3 rings (SSSR count). The number of benzene rings is 2. The normalized spacial score (nSPS) is 11.9. The lowest BCUT2D eigenvalue weighted by atomic mass is 10.1. The standard InChI is InChI=1S/C16H14BrNO2S/c17-11-9-13-5-4-8-16-15(13)10-12-18(16)21(19,20)14-6-2-1-3-7-14/h1-8,10,12H,9,11H2. The molecular weight excluding hydrogens is 350 g/mol. The summed E-state index contributed by atoms with van der Waals surface area (Å²) >= 11 is 3.43. The first-order valence-corrected chi connectivity index (χ1v) is 9.16. The van der Waals surface area contributed by atoms with Crippen molar-refractivity contribution in [1.29, 1.82) is 0 Å². The van der Waals surface area contributed by atoms with Crippen molar-refractivity contribution in [3.63, 3.8) is 0 Å². The summed E-state index contributed by atoms with van der Waals surface area (Å²) < 4.78 is 26.8. The Hall–Kier alpha value is -1.59. The van der Waals surface area contributed by atoms with Crippen LogP contribution in [-0.2, 0) is 16.4 Å². The lowest BCUT2D eigenvalue weighted by Gasteiger charge is -2.08. The van der Waals surface area contributed by atoms with Gasteiger partial charge in [-0.3, -0.25) is 0 Å². The van der Waals surface area contributed by atoms with E-state index in [1.807, 2.05) is 24.3 Å². The number of alkyl halides is 1. The van der Waals surface area contributed by atoms with Crippen LogP contribution in [0.5, 0.6) is 0 Å². The number of nitrogens with zero attached hydrogens (tertiary/aromatic N) is 1. The number of fused-ring (bicyclic) bond motifs is 1. The predicted molar refractivity (Wildman–Crippen MR) is 88.5 cm³/mol. The zero-order valence-corrected chi connectivity index (χ0v) is 13.6. The summed E-state index contributed by atoms with van der Waals surface area (Å²) in [4.78, 5) is 0.299. The van der Waals surface area contributed by atoms with Gasteiger partial charge in [0.15, 0.2) is 0 Å². The molecule has 0 amide bonds. The second-order valence-corrected chi connectivity index (χ2v) is 7.33. The molecule has 0 fully saturated rings. The molecule has 0 aliphatic heterocycles. The number of aromatic nitrogens is 1. The first kappa shape index (κ1) is 14.4. The molecule has 1 aromatic heterocycles. The molecule has 108 valence electrons. The Kier molecular flexibility index (Phi) is 3.87. The SMILES string of the molecule is O=S(=O)(c1ccccc1)n1ccc2c(CCBr)cccc21. The monoisotopic (exact) mass is 363 g/mol. The fourth-order valence-electron chi connectivity index (χ4n) is 2.44. The molecule has 0 aliphatic carbocycles. The highest BCUT2D eigenvalue weighted by Crippen LogP contribution is 2.25. The van der Waals surface area contributed by atoms with Crippen LogP contribution < -0.4 is 0 Å². The van der Waals surface area contributed by atoms with E-state index in [-0.39, 0.29) is 0 Å². The maximum atomic E-state index is 12.7. The highest BCUT2D eigenvalue weighted by molar-refractivity contribution is 9.09. The van der Waals surface area contributed by atoms with Gasteiger partial charge in [-0.2, -0.15) is 0 Å². The third-order valence-corrected chi connectivity index (χ3v) is 5.55. The Morgan fingerprint density at radius 1 is 0.952 bits per heavy atom. The molecule has 0 atom stereocenters. The lowest BCUT2D eigenvalue weighted by molar-refractivity contribution is 0.589. The van der Waals surface area contributed by atoms with Crippen molar-refractivity contribution in [2.45, 2.75) is 11.3 Å². The van der Waals surface area contributed by atoms with Crippen molar-refractivity contribution in [2.75, 3.05) is 5.33 Å². The molecule has 2 aromatic carbocycles. The second kappa shape index (κ2) is 5.66. The zero-order valence-electron chi connectivity index (χ0n) is 11.2. The van der Waals surface area contributed by atoms with Gasteiger partial charge in [0.2, 0.25) is 0 Å². The lowest BCUT2D eigenvalue weighted by Crippen LogP contribution is -2.11. The van der Waals surface area contributed by atoms with Gasteiger partial charge in [0.05, 0.1) is 10.4 Å². The number of hydrogen-bond donors (Lipinski definition) is 0. The smallest absolute Gasteiger partial charge is 0.241 e. The van der Waals surface area contributed by atoms with E-state index < -0.39 is 10.0 Å². The molecule has 21 heavy (non-hydrogen) atoms. The Balaban J connectivity index is 2.20. The summed E-state index contributed by atoms with van der Waals surface area (Å²) in [5, 5.41) is 1.83. The van der Waals surface area contributed by atoms with E-state index in [0.717, 1.165) is 28.2 Å². The Labute approximate surface area is 132 Å². The van der Waals surface area contributed by atoms with E-state index in [9.17, 15) is 8.42 Å². The topological polar surface area (TPSA) is 39.1 Å². The van der Waals surface area contributed by atoms with Crippen molar-refractivity contribution in [2.24, 2.45) is 0 Å². The van der Waals surface area contributed by atoms with Gasteiger partial charge in [0.1, 0.15) is 0 Å². The van der Waals surface area contributed by atoms with Crippen LogP contribution in [0.1, 0.15) is 5.56 Å². The number of rotatable bonds is 4. The zero-order chi connectivity index (χ0) is 14.9. The summed E-state index contributed by atoms with van der Waals surface area (Å²) in [7, 11) is -3.55. The van der Waals surface area contributed by atoms with Crippen molar-refractivity contribution < 1.29 is 8.42 Å². The maximum Gasteiger partial charge on any atom is 0.268 e. The molecule has 3 nitrogen and oxygen atoms in total. The predicted octanol–water partition coefficient (Wildman–Crippen LogP) is 3.82. The van der Waals surface area contributed by atoms with Crippen molar-refractivity contribution >= 4 is 36.9 Å². The summed E-state index contributed by atoms with van der Waals surface area (Å²) in [6, 6.07) is 16.1. The van der Waals surface area contributed by atoms with E-state index in [0.29, 0.717) is 4.90 Å². The largest absolute Gasteiger partial charge is 0.268 e. The molecular formula is C16H14BrNO2S. The van der Waals surface area contributed by atoms with Crippen LogP contribution in [0.4, 0.5) is 0 Å². The second-order valence-electron chi connectivity index (χ2n) is 4.72. The van der Waals surface area contributed by atoms with Gasteiger partial charge in [-0.15, -0.1) is 0 Å². The van der Waals surface area contributed by atoms with Crippen molar-refractivity contribution in [3.05, 3.63) is 66.4 Å². The van der Waals surface area contributed by atoms with Gasteiger partial charge < -0.3 is 0 Å². The first-order chi connectivity index (χ1) is 10.1. The molecule has 0 saturated carbocycles. The van der Waals surface area contributed by atoms with Crippen LogP contribution in [0.25, 0.3) is 10.9 Å². The fraction of sp³-hybridized carbons (Fsp3) is 0.125. The van der Waals surface area contributed by atoms with Gasteiger partial charge in [-0.05, 0) is 36.2 Å². The van der Waals surface area contributed by atoms with Crippen LogP contribution in [-0.4, -0.2) is 17.7 Å². The minimum absolute atomic E-state index is 0.299. The average Bonchev–Trinajstić information content (AvgIpc) is 2.94. The third-order valence-electron chi connectivity index (χ3n) is 3.45. The fourth-order valence-corrected chi connectivity index (χ4v) is 4.24. The van der Waals surface area contributed by atoms with Crippen LogP contribution in [0.15, 0.2) is 65.7 Å². The Morgan fingerprint density at radius 3 is 2.43 bits per heavy atom. The van der Waals surface area contributed by atoms with Crippen LogP contribution >= 0.6 is 15.9 Å². The molecule has 3 aromatic rings. The van der Waals surface area contributed by atoms with Crippen molar-refractivity contribution in [3.8, 4) is 0 Å². The molecule has 5 heteroatoms. The molecule has 0 unspecified atom stereocenters.